The number of nitrogens with zero attached hydrogens (tertiary/aromatic N) is 3. The Bertz CT molecular complexity index is 683. The molecule has 18 heavy (non-hydrogen) atoms. The Morgan fingerprint density at radius 1 is 1.44 bits per heavy atom. The van der Waals surface area contributed by atoms with Gasteiger partial charge >= 0.3 is 5.69 Å². The van der Waals surface area contributed by atoms with Crippen molar-refractivity contribution in [1.82, 2.24) is 19.1 Å². The molecule has 2 aromatic heterocycles. The van der Waals surface area contributed by atoms with Gasteiger partial charge in [-0.3, -0.25) is 14.3 Å². The van der Waals surface area contributed by atoms with Crippen molar-refractivity contribution >= 4 is 11.6 Å². The zero-order chi connectivity index (χ0) is 13.3. The number of H-pyrrole nitrogens is 1. The average molecular weight is 269 g/mol. The van der Waals surface area contributed by atoms with Crippen molar-refractivity contribution in [3.05, 3.63) is 49.8 Å². The molecule has 2 aromatic rings. The summed E-state index contributed by atoms with van der Waals surface area (Å²) in [6, 6.07) is 0. The predicted octanol–water partition coefficient (Wildman–Crippen LogP) is 0.534. The monoisotopic (exact) mass is 268 g/mol. The van der Waals surface area contributed by atoms with Gasteiger partial charge in [0.2, 0.25) is 0 Å². The second-order valence-electron chi connectivity index (χ2n) is 3.95. The van der Waals surface area contributed by atoms with Gasteiger partial charge in [0.1, 0.15) is 11.0 Å². The number of nitrogens with one attached hydrogen (secondary N) is 1. The van der Waals surface area contributed by atoms with Crippen LogP contribution in [0.15, 0.2) is 22.0 Å². The lowest BCUT2D eigenvalue weighted by Gasteiger charge is -2.07. The van der Waals surface area contributed by atoms with Crippen molar-refractivity contribution in [1.29, 1.82) is 0 Å². The lowest BCUT2D eigenvalue weighted by atomic mass is 10.2. The number of rotatable bonds is 3. The van der Waals surface area contributed by atoms with Crippen molar-refractivity contribution < 1.29 is 0 Å². The molecule has 0 atom stereocenters. The molecule has 0 aromatic carbocycles. The molecule has 0 unspecified atom stereocenters. The van der Waals surface area contributed by atoms with Crippen molar-refractivity contribution in [3.63, 3.8) is 0 Å². The molecule has 0 saturated carbocycles. The lowest BCUT2D eigenvalue weighted by molar-refractivity contribution is 0.651. The Hall–Kier alpha value is -1.82. The van der Waals surface area contributed by atoms with Gasteiger partial charge in [-0.25, -0.2) is 9.78 Å². The van der Waals surface area contributed by atoms with Crippen LogP contribution in [-0.2, 0) is 20.0 Å². The Morgan fingerprint density at radius 3 is 2.72 bits per heavy atom. The maximum absolute atomic E-state index is 11.7. The van der Waals surface area contributed by atoms with Gasteiger partial charge in [0, 0.05) is 18.8 Å². The van der Waals surface area contributed by atoms with Crippen LogP contribution in [0.1, 0.15) is 18.3 Å². The summed E-state index contributed by atoms with van der Waals surface area (Å²) in [6.07, 6.45) is 3.65. The fraction of sp³-hybridized carbons (Fsp3) is 0.364. The van der Waals surface area contributed by atoms with E-state index in [1.807, 2.05) is 6.92 Å². The summed E-state index contributed by atoms with van der Waals surface area (Å²) in [6.45, 7) is 2.13. The third kappa shape index (κ3) is 2.24. The van der Waals surface area contributed by atoms with E-state index in [1.165, 1.54) is 10.8 Å². The van der Waals surface area contributed by atoms with Crippen LogP contribution >= 0.6 is 11.6 Å². The predicted molar refractivity (Wildman–Crippen MR) is 68.0 cm³/mol. The van der Waals surface area contributed by atoms with Gasteiger partial charge in [0.25, 0.3) is 5.56 Å². The third-order valence-electron chi connectivity index (χ3n) is 2.81. The van der Waals surface area contributed by atoms with Crippen LogP contribution in [-0.4, -0.2) is 19.1 Å². The van der Waals surface area contributed by atoms with Gasteiger partial charge in [0.05, 0.1) is 12.7 Å². The first-order chi connectivity index (χ1) is 8.52. The fourth-order valence-electron chi connectivity index (χ4n) is 1.65. The molecule has 2 heterocycles. The second-order valence-corrected chi connectivity index (χ2v) is 4.34. The van der Waals surface area contributed by atoms with Crippen LogP contribution in [0.2, 0.25) is 5.15 Å². The number of hydrogen-bond acceptors (Lipinski definition) is 3. The number of aromatic nitrogens is 4. The molecule has 1 N–H and O–H groups in total. The van der Waals surface area contributed by atoms with Crippen molar-refractivity contribution in [2.24, 2.45) is 7.05 Å². The quantitative estimate of drug-likeness (QED) is 0.883. The Labute approximate surface area is 108 Å². The van der Waals surface area contributed by atoms with Gasteiger partial charge < -0.3 is 4.57 Å². The van der Waals surface area contributed by atoms with Crippen LogP contribution < -0.4 is 11.2 Å². The van der Waals surface area contributed by atoms with Crippen LogP contribution in [0, 0.1) is 0 Å². The maximum Gasteiger partial charge on any atom is 0.328 e. The average Bonchev–Trinajstić information content (AvgIpc) is 2.64. The number of aromatic amines is 1. The first-order valence-electron chi connectivity index (χ1n) is 5.51. The normalized spacial score (nSPS) is 10.8. The maximum atomic E-state index is 11.7. The summed E-state index contributed by atoms with van der Waals surface area (Å²) < 4.78 is 3.10. The highest BCUT2D eigenvalue weighted by molar-refractivity contribution is 6.29. The SMILES string of the molecule is CCc1cn(Cc2ncc(Cl)n2C)c(=O)[nH]c1=O. The van der Waals surface area contributed by atoms with Gasteiger partial charge in [-0.2, -0.15) is 0 Å². The summed E-state index contributed by atoms with van der Waals surface area (Å²) in [4.78, 5) is 29.5. The van der Waals surface area contributed by atoms with E-state index in [0.717, 1.165) is 0 Å². The molecule has 0 aliphatic rings. The van der Waals surface area contributed by atoms with Crippen molar-refractivity contribution in [2.75, 3.05) is 0 Å². The number of halogens is 1. The van der Waals surface area contributed by atoms with Crippen LogP contribution in [0.5, 0.6) is 0 Å². The Kier molecular flexibility index (Phi) is 3.38. The van der Waals surface area contributed by atoms with Crippen LogP contribution in [0.25, 0.3) is 0 Å². The Morgan fingerprint density at radius 2 is 2.17 bits per heavy atom. The highest BCUT2D eigenvalue weighted by atomic mass is 35.5. The molecule has 2 rings (SSSR count). The van der Waals surface area contributed by atoms with Crippen LogP contribution in [0.4, 0.5) is 0 Å². The summed E-state index contributed by atoms with van der Waals surface area (Å²) in [5, 5.41) is 0.498. The highest BCUT2D eigenvalue weighted by Crippen LogP contribution is 2.09. The molecule has 0 radical (unpaired) electrons. The van der Waals surface area contributed by atoms with Gasteiger partial charge in [-0.15, -0.1) is 0 Å². The second kappa shape index (κ2) is 4.81. The van der Waals surface area contributed by atoms with E-state index >= 15 is 0 Å². The van der Waals surface area contributed by atoms with Gasteiger partial charge in [0.15, 0.2) is 0 Å². The van der Waals surface area contributed by atoms with E-state index in [-0.39, 0.29) is 12.1 Å². The van der Waals surface area contributed by atoms with Crippen LogP contribution in [0.3, 0.4) is 0 Å². The number of hydrogen-bond donors (Lipinski definition) is 1. The minimum absolute atomic E-state index is 0.270. The third-order valence-corrected chi connectivity index (χ3v) is 3.16. The molecule has 7 heteroatoms. The van der Waals surface area contributed by atoms with Crippen molar-refractivity contribution in [2.45, 2.75) is 19.9 Å². The summed E-state index contributed by atoms with van der Waals surface area (Å²) >= 11 is 5.87. The van der Waals surface area contributed by atoms with Crippen molar-refractivity contribution in [3.8, 4) is 0 Å². The molecule has 0 bridgehead atoms. The molecule has 6 nitrogen and oxygen atoms in total. The molecule has 0 spiro atoms. The molecular weight excluding hydrogens is 256 g/mol. The molecular formula is C11H13ClN4O2. The first-order valence-corrected chi connectivity index (χ1v) is 5.89. The Balaban J connectivity index is 2.43. The highest BCUT2D eigenvalue weighted by Gasteiger charge is 2.08. The standard InChI is InChI=1S/C11H13ClN4O2/c1-3-7-5-16(11(18)14-10(7)17)6-9-13-4-8(12)15(9)2/h4-5H,3,6H2,1-2H3,(H,14,17,18). The molecule has 0 fully saturated rings. The van der Waals surface area contributed by atoms with Gasteiger partial charge in [-0.1, -0.05) is 18.5 Å². The smallest absolute Gasteiger partial charge is 0.321 e. The summed E-state index contributed by atoms with van der Waals surface area (Å²) in [5.74, 6) is 0.649. The minimum atomic E-state index is -0.448. The fourth-order valence-corrected chi connectivity index (χ4v) is 1.79. The number of aryl methyl sites for hydroxylation is 1. The minimum Gasteiger partial charge on any atom is -0.321 e. The number of imidazole rings is 1. The molecule has 0 saturated heterocycles. The largest absolute Gasteiger partial charge is 0.328 e. The van der Waals surface area contributed by atoms with E-state index in [1.54, 1.807) is 17.8 Å². The molecule has 0 aliphatic heterocycles. The van der Waals surface area contributed by atoms with E-state index in [2.05, 4.69) is 9.97 Å². The molecule has 0 amide bonds. The topological polar surface area (TPSA) is 72.7 Å². The van der Waals surface area contributed by atoms with E-state index in [9.17, 15) is 9.59 Å². The summed E-state index contributed by atoms with van der Waals surface area (Å²) in [5.41, 5.74) is -0.220. The zero-order valence-electron chi connectivity index (χ0n) is 10.1. The lowest BCUT2D eigenvalue weighted by Crippen LogP contribution is -2.32. The summed E-state index contributed by atoms with van der Waals surface area (Å²) in [7, 11) is 1.77. The molecule has 96 valence electrons. The van der Waals surface area contributed by atoms with E-state index < -0.39 is 5.69 Å². The molecule has 0 aliphatic carbocycles. The first kappa shape index (κ1) is 12.6. The van der Waals surface area contributed by atoms with E-state index in [0.29, 0.717) is 23.0 Å². The van der Waals surface area contributed by atoms with Gasteiger partial charge in [-0.05, 0) is 6.42 Å². The zero-order valence-corrected chi connectivity index (χ0v) is 10.9. The van der Waals surface area contributed by atoms with E-state index in [4.69, 9.17) is 11.6 Å².